The average Bonchev–Trinajstić information content (AvgIpc) is 2.54. The summed E-state index contributed by atoms with van der Waals surface area (Å²) in [7, 11) is -3.49. The van der Waals surface area contributed by atoms with Gasteiger partial charge >= 0.3 is 0 Å². The van der Waals surface area contributed by atoms with Crippen molar-refractivity contribution in [2.45, 2.75) is 30.7 Å². The molecule has 0 spiro atoms. The first kappa shape index (κ1) is 16.7. The zero-order valence-electron chi connectivity index (χ0n) is 13.4. The molecular formula is C16H24N2O4S. The molecular weight excluding hydrogens is 316 g/mol. The predicted molar refractivity (Wildman–Crippen MR) is 87.1 cm³/mol. The van der Waals surface area contributed by atoms with Gasteiger partial charge in [0.15, 0.2) is 0 Å². The number of aliphatic hydroxyl groups is 1. The summed E-state index contributed by atoms with van der Waals surface area (Å²) in [4.78, 5) is 2.45. The number of aliphatic hydroxyl groups excluding tert-OH is 1. The molecule has 2 aliphatic heterocycles. The largest absolute Gasteiger partial charge is 0.493 e. The third-order valence-electron chi connectivity index (χ3n) is 4.55. The van der Waals surface area contributed by atoms with Crippen molar-refractivity contribution in [2.24, 2.45) is 0 Å². The lowest BCUT2D eigenvalue weighted by atomic mass is 10.1. The van der Waals surface area contributed by atoms with E-state index in [4.69, 9.17) is 9.84 Å². The number of benzene rings is 1. The minimum absolute atomic E-state index is 0.101. The highest BCUT2D eigenvalue weighted by molar-refractivity contribution is 7.89. The Morgan fingerprint density at radius 3 is 2.91 bits per heavy atom. The van der Waals surface area contributed by atoms with Crippen molar-refractivity contribution >= 4 is 10.0 Å². The van der Waals surface area contributed by atoms with Gasteiger partial charge in [-0.2, -0.15) is 4.31 Å². The number of ether oxygens (including phenoxy) is 1. The third-order valence-corrected chi connectivity index (χ3v) is 6.56. The van der Waals surface area contributed by atoms with Crippen LogP contribution in [-0.4, -0.2) is 68.2 Å². The van der Waals surface area contributed by atoms with E-state index in [0.717, 1.165) is 24.2 Å². The van der Waals surface area contributed by atoms with Gasteiger partial charge in [-0.05, 0) is 43.5 Å². The van der Waals surface area contributed by atoms with Gasteiger partial charge in [0.05, 0.1) is 18.1 Å². The lowest BCUT2D eigenvalue weighted by Crippen LogP contribution is -2.54. The summed E-state index contributed by atoms with van der Waals surface area (Å²) in [6, 6.07) is 5.07. The van der Waals surface area contributed by atoms with Crippen molar-refractivity contribution in [1.29, 1.82) is 0 Å². The molecule has 1 unspecified atom stereocenters. The zero-order valence-corrected chi connectivity index (χ0v) is 14.3. The second-order valence-corrected chi connectivity index (χ2v) is 8.10. The van der Waals surface area contributed by atoms with Crippen LogP contribution in [0.15, 0.2) is 23.1 Å². The molecule has 6 nitrogen and oxygen atoms in total. The minimum Gasteiger partial charge on any atom is -0.493 e. The summed E-state index contributed by atoms with van der Waals surface area (Å²) in [5.41, 5.74) is 0.976. The van der Waals surface area contributed by atoms with E-state index in [1.807, 2.05) is 6.92 Å². The molecule has 128 valence electrons. The summed E-state index contributed by atoms with van der Waals surface area (Å²) in [6.07, 6.45) is 1.78. The SMILES string of the molecule is CC1CN(CCO)CCN1S(=O)(=O)c1ccc2c(c1)CCCO2. The maximum Gasteiger partial charge on any atom is 0.243 e. The van der Waals surface area contributed by atoms with E-state index in [2.05, 4.69) is 4.90 Å². The standard InChI is InChI=1S/C16H24N2O4S/c1-13-12-17(8-9-19)6-7-18(13)23(20,21)15-4-5-16-14(11-15)3-2-10-22-16/h4-5,11,13,19H,2-3,6-10,12H2,1H3. The number of sulfonamides is 1. The highest BCUT2D eigenvalue weighted by atomic mass is 32.2. The maximum atomic E-state index is 13.0. The monoisotopic (exact) mass is 340 g/mol. The predicted octanol–water partition coefficient (Wildman–Crippen LogP) is 0.699. The molecule has 23 heavy (non-hydrogen) atoms. The van der Waals surface area contributed by atoms with E-state index in [-0.39, 0.29) is 12.6 Å². The Bertz CT molecular complexity index is 662. The van der Waals surface area contributed by atoms with Gasteiger partial charge in [0.25, 0.3) is 0 Å². The van der Waals surface area contributed by atoms with Crippen molar-refractivity contribution in [2.75, 3.05) is 39.4 Å². The summed E-state index contributed by atoms with van der Waals surface area (Å²) in [5.74, 6) is 0.802. The first-order valence-electron chi connectivity index (χ1n) is 8.13. The van der Waals surface area contributed by atoms with Crippen LogP contribution in [0.4, 0.5) is 0 Å². The molecule has 0 aliphatic carbocycles. The third kappa shape index (κ3) is 3.38. The van der Waals surface area contributed by atoms with Crippen molar-refractivity contribution in [1.82, 2.24) is 9.21 Å². The molecule has 1 atom stereocenters. The second-order valence-electron chi connectivity index (χ2n) is 6.21. The fourth-order valence-electron chi connectivity index (χ4n) is 3.35. The highest BCUT2D eigenvalue weighted by Gasteiger charge is 2.33. The molecule has 0 amide bonds. The van der Waals surface area contributed by atoms with Crippen LogP contribution in [0.5, 0.6) is 5.75 Å². The van der Waals surface area contributed by atoms with Crippen LogP contribution in [0.1, 0.15) is 18.9 Å². The van der Waals surface area contributed by atoms with Gasteiger partial charge in [0.2, 0.25) is 10.0 Å². The molecule has 1 saturated heterocycles. The van der Waals surface area contributed by atoms with Crippen LogP contribution in [0.25, 0.3) is 0 Å². The number of piperazine rings is 1. The van der Waals surface area contributed by atoms with Crippen LogP contribution in [0.2, 0.25) is 0 Å². The second kappa shape index (κ2) is 6.76. The van der Waals surface area contributed by atoms with Crippen LogP contribution < -0.4 is 4.74 Å². The normalized spacial score (nSPS) is 23.3. The molecule has 1 aromatic rings. The average molecular weight is 340 g/mol. The van der Waals surface area contributed by atoms with E-state index in [1.54, 1.807) is 22.5 Å². The molecule has 0 saturated carbocycles. The number of β-amino-alcohol motifs (C(OH)–C–C–N with tert-alkyl or cyclic N) is 1. The fraction of sp³-hybridized carbons (Fsp3) is 0.625. The molecule has 1 fully saturated rings. The van der Waals surface area contributed by atoms with Crippen molar-refractivity contribution in [3.63, 3.8) is 0 Å². The number of rotatable bonds is 4. The minimum atomic E-state index is -3.49. The van der Waals surface area contributed by atoms with Gasteiger partial charge in [0.1, 0.15) is 5.75 Å². The van der Waals surface area contributed by atoms with Gasteiger partial charge in [0, 0.05) is 32.2 Å². The molecule has 0 bridgehead atoms. The molecule has 7 heteroatoms. The number of hydrogen-bond acceptors (Lipinski definition) is 5. The van der Waals surface area contributed by atoms with Crippen LogP contribution in [0, 0.1) is 0 Å². The van der Waals surface area contributed by atoms with Crippen molar-refractivity contribution < 1.29 is 18.3 Å². The number of nitrogens with zero attached hydrogens (tertiary/aromatic N) is 2. The molecule has 2 aliphatic rings. The van der Waals surface area contributed by atoms with E-state index in [1.165, 1.54) is 0 Å². The summed E-state index contributed by atoms with van der Waals surface area (Å²) >= 11 is 0. The first-order chi connectivity index (χ1) is 11.0. The highest BCUT2D eigenvalue weighted by Crippen LogP contribution is 2.29. The molecule has 0 radical (unpaired) electrons. The topological polar surface area (TPSA) is 70.1 Å². The van der Waals surface area contributed by atoms with Crippen LogP contribution >= 0.6 is 0 Å². The van der Waals surface area contributed by atoms with E-state index < -0.39 is 10.0 Å². The smallest absolute Gasteiger partial charge is 0.243 e. The Balaban J connectivity index is 1.81. The number of fused-ring (bicyclic) bond motifs is 1. The Kier molecular flexibility index (Phi) is 4.91. The maximum absolute atomic E-state index is 13.0. The van der Waals surface area contributed by atoms with Gasteiger partial charge < -0.3 is 9.84 Å². The molecule has 0 aromatic heterocycles. The van der Waals surface area contributed by atoms with Gasteiger partial charge in [-0.1, -0.05) is 0 Å². The Hall–Kier alpha value is -1.15. The number of hydrogen-bond donors (Lipinski definition) is 1. The summed E-state index contributed by atoms with van der Waals surface area (Å²) < 4.78 is 33.1. The van der Waals surface area contributed by atoms with Gasteiger partial charge in [-0.3, -0.25) is 4.90 Å². The molecule has 1 aromatic carbocycles. The van der Waals surface area contributed by atoms with Crippen molar-refractivity contribution in [3.8, 4) is 5.75 Å². The Labute approximate surface area is 137 Å². The Morgan fingerprint density at radius 1 is 1.35 bits per heavy atom. The molecule has 2 heterocycles. The van der Waals surface area contributed by atoms with E-state index in [0.29, 0.717) is 37.7 Å². The Morgan fingerprint density at radius 2 is 2.17 bits per heavy atom. The fourth-order valence-corrected chi connectivity index (χ4v) is 5.02. The summed E-state index contributed by atoms with van der Waals surface area (Å²) in [6.45, 7) is 5.06. The molecule has 3 rings (SSSR count). The van der Waals surface area contributed by atoms with Gasteiger partial charge in [-0.15, -0.1) is 0 Å². The van der Waals surface area contributed by atoms with Crippen LogP contribution in [-0.2, 0) is 16.4 Å². The first-order valence-corrected chi connectivity index (χ1v) is 9.57. The lowest BCUT2D eigenvalue weighted by Gasteiger charge is -2.38. The van der Waals surface area contributed by atoms with Crippen molar-refractivity contribution in [3.05, 3.63) is 23.8 Å². The van der Waals surface area contributed by atoms with E-state index in [9.17, 15) is 8.42 Å². The quantitative estimate of drug-likeness (QED) is 0.874. The molecule has 1 N–H and O–H groups in total. The van der Waals surface area contributed by atoms with E-state index >= 15 is 0 Å². The number of aryl methyl sites for hydroxylation is 1. The lowest BCUT2D eigenvalue weighted by molar-refractivity contribution is 0.120. The van der Waals surface area contributed by atoms with Gasteiger partial charge in [-0.25, -0.2) is 8.42 Å². The zero-order chi connectivity index (χ0) is 16.4. The summed E-state index contributed by atoms with van der Waals surface area (Å²) in [5, 5.41) is 9.04. The van der Waals surface area contributed by atoms with Crippen LogP contribution in [0.3, 0.4) is 0 Å².